The molecular weight excluding hydrogens is 258 g/mol. The third-order valence-electron chi connectivity index (χ3n) is 3.94. The number of nitrogens with one attached hydrogen (secondary N) is 2. The molecule has 0 radical (unpaired) electrons. The van der Waals surface area contributed by atoms with Crippen LogP contribution in [0.2, 0.25) is 0 Å². The third-order valence-corrected chi connectivity index (χ3v) is 3.94. The van der Waals surface area contributed by atoms with Crippen LogP contribution in [0, 0.1) is 0 Å². The molecule has 0 spiro atoms. The molecule has 0 aromatic carbocycles. The summed E-state index contributed by atoms with van der Waals surface area (Å²) in [5.74, 6) is -0.830. The smallest absolute Gasteiger partial charge is 0.317 e. The summed E-state index contributed by atoms with van der Waals surface area (Å²) < 4.78 is 0. The Bertz CT molecular complexity index is 345. The van der Waals surface area contributed by atoms with Gasteiger partial charge in [-0.05, 0) is 45.1 Å². The van der Waals surface area contributed by atoms with Crippen LogP contribution in [0.3, 0.4) is 0 Å². The maximum atomic E-state index is 12.1. The fourth-order valence-electron chi connectivity index (χ4n) is 2.66. The molecule has 1 unspecified atom stereocenters. The Balaban J connectivity index is 1.66. The Labute approximate surface area is 119 Å². The van der Waals surface area contributed by atoms with Gasteiger partial charge in [-0.25, -0.2) is 4.79 Å². The molecule has 1 saturated carbocycles. The zero-order valence-electron chi connectivity index (χ0n) is 11.9. The van der Waals surface area contributed by atoms with E-state index < -0.39 is 5.97 Å². The first-order chi connectivity index (χ1) is 9.66. The number of urea groups is 1. The minimum atomic E-state index is -0.830. The summed E-state index contributed by atoms with van der Waals surface area (Å²) in [6.45, 7) is 2.25. The lowest BCUT2D eigenvalue weighted by Crippen LogP contribution is -2.49. The van der Waals surface area contributed by atoms with E-state index in [2.05, 4.69) is 10.6 Å². The highest BCUT2D eigenvalue weighted by Gasteiger charge is 2.28. The number of rotatable bonds is 7. The maximum absolute atomic E-state index is 12.1. The van der Waals surface area contributed by atoms with E-state index in [0.29, 0.717) is 19.1 Å². The van der Waals surface area contributed by atoms with E-state index in [1.54, 1.807) is 4.90 Å². The Morgan fingerprint density at radius 1 is 1.15 bits per heavy atom. The number of hydrogen-bond donors (Lipinski definition) is 3. The lowest BCUT2D eigenvalue weighted by Gasteiger charge is -2.34. The molecule has 2 rings (SSSR count). The molecule has 2 fully saturated rings. The van der Waals surface area contributed by atoms with Gasteiger partial charge in [-0.3, -0.25) is 4.79 Å². The van der Waals surface area contributed by atoms with Crippen LogP contribution in [0.4, 0.5) is 4.79 Å². The number of carboxylic acids is 1. The lowest BCUT2D eigenvalue weighted by molar-refractivity contribution is -0.138. The highest BCUT2D eigenvalue weighted by molar-refractivity contribution is 5.76. The van der Waals surface area contributed by atoms with Crippen molar-refractivity contribution in [2.75, 3.05) is 19.6 Å². The van der Waals surface area contributed by atoms with Crippen molar-refractivity contribution >= 4 is 12.0 Å². The fraction of sp³-hybridized carbons (Fsp3) is 0.857. The second kappa shape index (κ2) is 7.47. The van der Waals surface area contributed by atoms with Crippen LogP contribution in [-0.2, 0) is 4.79 Å². The first-order valence-corrected chi connectivity index (χ1v) is 7.66. The normalized spacial score (nSPS) is 22.6. The molecule has 1 aliphatic carbocycles. The Morgan fingerprint density at radius 3 is 2.65 bits per heavy atom. The Morgan fingerprint density at radius 2 is 1.95 bits per heavy atom. The fourth-order valence-corrected chi connectivity index (χ4v) is 2.66. The number of amides is 2. The minimum absolute atomic E-state index is 0.0522. The first kappa shape index (κ1) is 15.1. The first-order valence-electron chi connectivity index (χ1n) is 7.66. The van der Waals surface area contributed by atoms with Crippen LogP contribution in [0.5, 0.6) is 0 Å². The second-order valence-electron chi connectivity index (χ2n) is 5.75. The monoisotopic (exact) mass is 283 g/mol. The number of hydrogen-bond acceptors (Lipinski definition) is 3. The van der Waals surface area contributed by atoms with E-state index >= 15 is 0 Å². The predicted octanol–water partition coefficient (Wildman–Crippen LogP) is 1.17. The van der Waals surface area contributed by atoms with Crippen molar-refractivity contribution in [2.24, 2.45) is 0 Å². The summed E-state index contributed by atoms with van der Waals surface area (Å²) in [4.78, 5) is 24.6. The summed E-state index contributed by atoms with van der Waals surface area (Å²) in [7, 11) is 0. The number of carbonyl (C=O) groups is 2. The quantitative estimate of drug-likeness (QED) is 0.613. The zero-order chi connectivity index (χ0) is 14.4. The molecule has 0 aromatic heterocycles. The number of carbonyl (C=O) groups excluding carboxylic acids is 1. The molecule has 1 aliphatic heterocycles. The van der Waals surface area contributed by atoms with Crippen LogP contribution in [-0.4, -0.2) is 53.7 Å². The second-order valence-corrected chi connectivity index (χ2v) is 5.75. The van der Waals surface area contributed by atoms with Crippen molar-refractivity contribution in [3.05, 3.63) is 0 Å². The van der Waals surface area contributed by atoms with Crippen LogP contribution in [0.15, 0.2) is 0 Å². The van der Waals surface area contributed by atoms with E-state index in [1.165, 1.54) is 12.8 Å². The van der Waals surface area contributed by atoms with Crippen molar-refractivity contribution in [2.45, 2.75) is 57.0 Å². The number of carboxylic acid groups (broad SMARTS) is 1. The van der Waals surface area contributed by atoms with Crippen molar-refractivity contribution in [3.63, 3.8) is 0 Å². The van der Waals surface area contributed by atoms with Gasteiger partial charge < -0.3 is 20.6 Å². The summed E-state index contributed by atoms with van der Waals surface area (Å²) in [6.07, 6.45) is 6.28. The molecule has 1 atom stereocenters. The summed E-state index contributed by atoms with van der Waals surface area (Å²) in [5.41, 5.74) is 0. The Kier molecular flexibility index (Phi) is 5.64. The van der Waals surface area contributed by atoms with Crippen molar-refractivity contribution < 1.29 is 14.7 Å². The topological polar surface area (TPSA) is 81.7 Å². The van der Waals surface area contributed by atoms with Gasteiger partial charge in [0, 0.05) is 25.2 Å². The SMILES string of the molecule is O=C(O)CC1CCCCN1C(=O)NCCCNC1CC1. The van der Waals surface area contributed by atoms with E-state index in [0.717, 1.165) is 32.2 Å². The molecule has 6 nitrogen and oxygen atoms in total. The predicted molar refractivity (Wildman–Crippen MR) is 75.6 cm³/mol. The van der Waals surface area contributed by atoms with Gasteiger partial charge in [0.1, 0.15) is 0 Å². The van der Waals surface area contributed by atoms with E-state index in [9.17, 15) is 9.59 Å². The van der Waals surface area contributed by atoms with Gasteiger partial charge in [-0.1, -0.05) is 0 Å². The molecule has 2 amide bonds. The maximum Gasteiger partial charge on any atom is 0.317 e. The molecular formula is C14H25N3O3. The molecule has 6 heteroatoms. The van der Waals surface area contributed by atoms with Gasteiger partial charge in [0.25, 0.3) is 0 Å². The Hall–Kier alpha value is -1.30. The molecule has 2 aliphatic rings. The number of piperidine rings is 1. The molecule has 1 saturated heterocycles. The van der Waals surface area contributed by atoms with Gasteiger partial charge >= 0.3 is 12.0 Å². The molecule has 1 heterocycles. The number of likely N-dealkylation sites (tertiary alicyclic amines) is 1. The molecule has 3 N–H and O–H groups in total. The molecule has 114 valence electrons. The van der Waals surface area contributed by atoms with Gasteiger partial charge in [0.15, 0.2) is 0 Å². The van der Waals surface area contributed by atoms with Crippen LogP contribution in [0.25, 0.3) is 0 Å². The van der Waals surface area contributed by atoms with Gasteiger partial charge in [-0.15, -0.1) is 0 Å². The number of nitrogens with zero attached hydrogens (tertiary/aromatic N) is 1. The molecule has 0 aromatic rings. The van der Waals surface area contributed by atoms with E-state index in [4.69, 9.17) is 5.11 Å². The van der Waals surface area contributed by atoms with Gasteiger partial charge in [0.2, 0.25) is 0 Å². The minimum Gasteiger partial charge on any atom is -0.481 e. The van der Waals surface area contributed by atoms with Crippen molar-refractivity contribution in [1.82, 2.24) is 15.5 Å². The molecule has 0 bridgehead atoms. The van der Waals surface area contributed by atoms with Gasteiger partial charge in [0.05, 0.1) is 6.42 Å². The van der Waals surface area contributed by atoms with E-state index in [1.807, 2.05) is 0 Å². The van der Waals surface area contributed by atoms with Crippen molar-refractivity contribution in [3.8, 4) is 0 Å². The summed E-state index contributed by atoms with van der Waals surface area (Å²) in [5, 5.41) is 15.2. The van der Waals surface area contributed by atoms with Crippen LogP contribution in [0.1, 0.15) is 44.9 Å². The highest BCUT2D eigenvalue weighted by Crippen LogP contribution is 2.20. The zero-order valence-corrected chi connectivity index (χ0v) is 11.9. The third kappa shape index (κ3) is 5.00. The highest BCUT2D eigenvalue weighted by atomic mass is 16.4. The lowest BCUT2D eigenvalue weighted by atomic mass is 10.00. The van der Waals surface area contributed by atoms with E-state index in [-0.39, 0.29) is 18.5 Å². The van der Waals surface area contributed by atoms with Crippen LogP contribution >= 0.6 is 0 Å². The summed E-state index contributed by atoms with van der Waals surface area (Å²) >= 11 is 0. The van der Waals surface area contributed by atoms with Gasteiger partial charge in [-0.2, -0.15) is 0 Å². The summed E-state index contributed by atoms with van der Waals surface area (Å²) in [6, 6.07) is 0.445. The van der Waals surface area contributed by atoms with Crippen LogP contribution < -0.4 is 10.6 Å². The standard InChI is InChI=1S/C14H25N3O3/c18-13(19)10-12-4-1-2-9-17(12)14(20)16-8-3-7-15-11-5-6-11/h11-12,15H,1-10H2,(H,16,20)(H,18,19). The average Bonchev–Trinajstić information content (AvgIpc) is 3.22. The van der Waals surface area contributed by atoms with Crippen molar-refractivity contribution in [1.29, 1.82) is 0 Å². The average molecular weight is 283 g/mol. The number of aliphatic carboxylic acids is 1. The largest absolute Gasteiger partial charge is 0.481 e. The molecule has 20 heavy (non-hydrogen) atoms.